The predicted molar refractivity (Wildman–Crippen MR) is 103 cm³/mol. The van der Waals surface area contributed by atoms with Crippen LogP contribution in [0.2, 0.25) is 0 Å². The van der Waals surface area contributed by atoms with E-state index in [1.807, 2.05) is 0 Å². The van der Waals surface area contributed by atoms with Gasteiger partial charge in [-0.1, -0.05) is 84.5 Å². The molecule has 0 spiro atoms. The van der Waals surface area contributed by atoms with Crippen molar-refractivity contribution in [2.75, 3.05) is 0 Å². The van der Waals surface area contributed by atoms with Gasteiger partial charge >= 0.3 is 0 Å². The zero-order valence-corrected chi connectivity index (χ0v) is 16.4. The summed E-state index contributed by atoms with van der Waals surface area (Å²) in [5.74, 6) is 0. The lowest BCUT2D eigenvalue weighted by Gasteiger charge is -2.08. The second kappa shape index (κ2) is 8.52. The van der Waals surface area contributed by atoms with Gasteiger partial charge in [0.15, 0.2) is 0 Å². The zero-order chi connectivity index (χ0) is 15.9. The van der Waals surface area contributed by atoms with E-state index in [2.05, 4.69) is 52.0 Å². The van der Waals surface area contributed by atoms with E-state index in [9.17, 15) is 0 Å². The Morgan fingerprint density at radius 1 is 0.909 bits per heavy atom. The summed E-state index contributed by atoms with van der Waals surface area (Å²) in [5, 5.41) is 3.38. The van der Waals surface area contributed by atoms with E-state index in [1.54, 1.807) is 21.5 Å². The summed E-state index contributed by atoms with van der Waals surface area (Å²) < 4.78 is 0. The van der Waals surface area contributed by atoms with Gasteiger partial charge < -0.3 is 0 Å². The van der Waals surface area contributed by atoms with Crippen LogP contribution < -0.4 is 5.19 Å². The van der Waals surface area contributed by atoms with Gasteiger partial charge in [0.25, 0.3) is 0 Å². The van der Waals surface area contributed by atoms with Crippen LogP contribution in [0.4, 0.5) is 0 Å². The fourth-order valence-electron chi connectivity index (χ4n) is 3.69. The predicted octanol–water partition coefficient (Wildman–Crippen LogP) is 5.06. The minimum Gasteiger partial charge on any atom is -0.0783 e. The van der Waals surface area contributed by atoms with Crippen molar-refractivity contribution in [2.24, 2.45) is 0 Å². The molecule has 0 N–H and O–H groups in total. The number of aryl methyl sites for hydroxylation is 2. The van der Waals surface area contributed by atoms with E-state index in [0.29, 0.717) is 0 Å². The standard InChI is InChI=1S/C21H32Si/c1-5-7-8-10-19-15-21(14-18(19)9-6-2)22-20-12-16(3)11-17(4)13-20/h11-14H,5-10,15,22H2,1-4H3. The van der Waals surface area contributed by atoms with Crippen LogP contribution in [-0.2, 0) is 0 Å². The van der Waals surface area contributed by atoms with Gasteiger partial charge in [0.05, 0.1) is 9.52 Å². The average Bonchev–Trinajstić information content (AvgIpc) is 2.80. The van der Waals surface area contributed by atoms with E-state index < -0.39 is 0 Å². The maximum absolute atomic E-state index is 2.58. The van der Waals surface area contributed by atoms with Crippen molar-refractivity contribution in [2.45, 2.75) is 72.6 Å². The van der Waals surface area contributed by atoms with Gasteiger partial charge in [-0.3, -0.25) is 0 Å². The summed E-state index contributed by atoms with van der Waals surface area (Å²) in [5.41, 5.74) is 6.30. The van der Waals surface area contributed by atoms with E-state index in [0.717, 1.165) is 0 Å². The molecule has 120 valence electrons. The molecule has 0 saturated heterocycles. The Labute approximate surface area is 139 Å². The molecule has 2 rings (SSSR count). The zero-order valence-electron chi connectivity index (χ0n) is 15.0. The number of benzene rings is 1. The van der Waals surface area contributed by atoms with Crippen LogP contribution in [0.15, 0.2) is 40.6 Å². The van der Waals surface area contributed by atoms with Crippen molar-refractivity contribution >= 4 is 14.7 Å². The molecule has 1 aromatic rings. The molecule has 1 aliphatic rings. The van der Waals surface area contributed by atoms with Crippen LogP contribution in [0.25, 0.3) is 0 Å². The van der Waals surface area contributed by atoms with Gasteiger partial charge in [0.1, 0.15) is 0 Å². The lowest BCUT2D eigenvalue weighted by atomic mass is 10.0. The summed E-state index contributed by atoms with van der Waals surface area (Å²) in [6.45, 7) is 9.06. The summed E-state index contributed by atoms with van der Waals surface area (Å²) in [7, 11) is -0.267. The molecular formula is C21H32Si. The molecule has 0 bridgehead atoms. The molecule has 0 radical (unpaired) electrons. The summed E-state index contributed by atoms with van der Waals surface area (Å²) >= 11 is 0. The fourth-order valence-corrected chi connectivity index (χ4v) is 5.84. The summed E-state index contributed by atoms with van der Waals surface area (Å²) in [6.07, 6.45) is 11.9. The van der Waals surface area contributed by atoms with Gasteiger partial charge in [0.2, 0.25) is 0 Å². The van der Waals surface area contributed by atoms with Crippen molar-refractivity contribution in [3.63, 3.8) is 0 Å². The highest BCUT2D eigenvalue weighted by molar-refractivity contribution is 6.61. The first-order chi connectivity index (χ1) is 10.6. The Balaban J connectivity index is 2.03. The fraction of sp³-hybridized carbons (Fsp3) is 0.524. The molecule has 1 aliphatic carbocycles. The SMILES string of the molecule is CCCCCC1=C(CCC)C=C([SiH2]c2cc(C)cc(C)c2)C1. The molecule has 22 heavy (non-hydrogen) atoms. The Kier molecular flexibility index (Phi) is 6.69. The first-order valence-electron chi connectivity index (χ1n) is 9.09. The maximum atomic E-state index is 2.58. The first-order valence-corrected chi connectivity index (χ1v) is 10.5. The van der Waals surface area contributed by atoms with E-state index in [4.69, 9.17) is 0 Å². The van der Waals surface area contributed by atoms with Crippen LogP contribution in [0.3, 0.4) is 0 Å². The van der Waals surface area contributed by atoms with Gasteiger partial charge in [-0.05, 0) is 45.1 Å². The molecule has 0 fully saturated rings. The van der Waals surface area contributed by atoms with Crippen LogP contribution in [-0.4, -0.2) is 9.52 Å². The number of hydrogen-bond acceptors (Lipinski definition) is 0. The minimum absolute atomic E-state index is 0.267. The minimum atomic E-state index is -0.267. The highest BCUT2D eigenvalue weighted by atomic mass is 28.2. The molecule has 0 amide bonds. The molecule has 0 aliphatic heterocycles. The number of hydrogen-bond donors (Lipinski definition) is 0. The smallest absolute Gasteiger partial charge is 0.0783 e. The number of unbranched alkanes of at least 4 members (excludes halogenated alkanes) is 2. The summed E-state index contributed by atoms with van der Waals surface area (Å²) in [6, 6.07) is 7.11. The second-order valence-electron chi connectivity index (χ2n) is 6.99. The lowest BCUT2D eigenvalue weighted by Crippen LogP contribution is -2.17. The Morgan fingerprint density at radius 2 is 1.64 bits per heavy atom. The maximum Gasteiger partial charge on any atom is 0.0828 e. The summed E-state index contributed by atoms with van der Waals surface area (Å²) in [4.78, 5) is 0. The molecular weight excluding hydrogens is 280 g/mol. The van der Waals surface area contributed by atoms with Crippen LogP contribution in [0.1, 0.15) is 69.9 Å². The van der Waals surface area contributed by atoms with Crippen molar-refractivity contribution < 1.29 is 0 Å². The van der Waals surface area contributed by atoms with E-state index in [-0.39, 0.29) is 9.52 Å². The molecule has 0 aromatic heterocycles. The molecule has 1 heteroatoms. The van der Waals surface area contributed by atoms with E-state index in [1.165, 1.54) is 56.1 Å². The van der Waals surface area contributed by atoms with Gasteiger partial charge in [-0.25, -0.2) is 0 Å². The Bertz CT molecular complexity index is 543. The topological polar surface area (TPSA) is 0 Å². The van der Waals surface area contributed by atoms with Crippen LogP contribution >= 0.6 is 0 Å². The highest BCUT2D eigenvalue weighted by Gasteiger charge is 2.15. The molecule has 0 atom stereocenters. The third kappa shape index (κ3) is 4.98. The second-order valence-corrected chi connectivity index (χ2v) is 9.07. The van der Waals surface area contributed by atoms with Gasteiger partial charge in [-0.15, -0.1) is 0 Å². The van der Waals surface area contributed by atoms with Crippen molar-refractivity contribution in [3.05, 3.63) is 51.7 Å². The van der Waals surface area contributed by atoms with Crippen molar-refractivity contribution in [3.8, 4) is 0 Å². The third-order valence-electron chi connectivity index (χ3n) is 4.59. The molecule has 0 nitrogen and oxygen atoms in total. The molecule has 0 unspecified atom stereocenters. The first kappa shape index (κ1) is 17.3. The third-order valence-corrected chi connectivity index (χ3v) is 6.31. The number of rotatable bonds is 8. The number of allylic oxidation sites excluding steroid dienone is 4. The molecule has 0 heterocycles. The Morgan fingerprint density at radius 3 is 2.27 bits per heavy atom. The Hall–Kier alpha value is -1.08. The van der Waals surface area contributed by atoms with Crippen LogP contribution in [0.5, 0.6) is 0 Å². The van der Waals surface area contributed by atoms with E-state index >= 15 is 0 Å². The van der Waals surface area contributed by atoms with Gasteiger partial charge in [0, 0.05) is 0 Å². The monoisotopic (exact) mass is 312 g/mol. The van der Waals surface area contributed by atoms with Gasteiger partial charge in [-0.2, -0.15) is 0 Å². The van der Waals surface area contributed by atoms with Crippen LogP contribution in [0, 0.1) is 13.8 Å². The largest absolute Gasteiger partial charge is 0.0828 e. The normalized spacial score (nSPS) is 15.2. The molecule has 0 saturated carbocycles. The highest BCUT2D eigenvalue weighted by Crippen LogP contribution is 2.31. The average molecular weight is 313 g/mol. The molecule has 1 aromatic carbocycles. The van der Waals surface area contributed by atoms with Crippen molar-refractivity contribution in [1.29, 1.82) is 0 Å². The lowest BCUT2D eigenvalue weighted by molar-refractivity contribution is 0.702. The quantitative estimate of drug-likeness (QED) is 0.465. The van der Waals surface area contributed by atoms with Crippen molar-refractivity contribution in [1.82, 2.24) is 0 Å².